The molecule has 2 nitrogen and oxygen atoms in total. The molecule has 33 heavy (non-hydrogen) atoms. The van der Waals surface area contributed by atoms with Gasteiger partial charge in [-0.3, -0.25) is 9.98 Å². The smallest absolute Gasteiger partial charge is 0.0668 e. The predicted octanol–water partition coefficient (Wildman–Crippen LogP) is 9.64. The molecule has 0 radical (unpaired) electrons. The number of nitrogens with zero attached hydrogens (tertiary/aromatic N) is 2. The maximum atomic E-state index is 4.74. The first-order chi connectivity index (χ1) is 14.5. The first-order valence-corrected chi connectivity index (χ1v) is 11.9. The van der Waals surface area contributed by atoms with Gasteiger partial charge in [-0.1, -0.05) is 101 Å². The number of rotatable bonds is 3. The van der Waals surface area contributed by atoms with Crippen LogP contribution in [0.2, 0.25) is 0 Å². The maximum Gasteiger partial charge on any atom is 0.0668 e. The lowest BCUT2D eigenvalue weighted by atomic mass is 9.86. The van der Waals surface area contributed by atoms with Crippen molar-refractivity contribution in [2.24, 2.45) is 21.8 Å². The van der Waals surface area contributed by atoms with Gasteiger partial charge in [0.2, 0.25) is 0 Å². The van der Waals surface area contributed by atoms with Gasteiger partial charge in [-0.25, -0.2) is 0 Å². The van der Waals surface area contributed by atoms with Crippen molar-refractivity contribution in [1.82, 2.24) is 0 Å². The van der Waals surface area contributed by atoms with Gasteiger partial charge in [-0.2, -0.15) is 0 Å². The van der Waals surface area contributed by atoms with Gasteiger partial charge in [0.15, 0.2) is 0 Å². The summed E-state index contributed by atoms with van der Waals surface area (Å²) in [7, 11) is 0. The molecule has 2 aromatic carbocycles. The molecule has 0 N–H and O–H groups in total. The molecule has 2 aliphatic heterocycles. The van der Waals surface area contributed by atoms with Crippen molar-refractivity contribution in [3.05, 3.63) is 58.7 Å². The third-order valence-corrected chi connectivity index (χ3v) is 6.33. The summed E-state index contributed by atoms with van der Waals surface area (Å²) in [6.07, 6.45) is 2.09. The van der Waals surface area contributed by atoms with Gasteiger partial charge < -0.3 is 0 Å². The van der Waals surface area contributed by atoms with Crippen molar-refractivity contribution in [3.8, 4) is 0 Å². The van der Waals surface area contributed by atoms with Crippen molar-refractivity contribution in [1.29, 1.82) is 0 Å². The van der Waals surface area contributed by atoms with E-state index < -0.39 is 0 Å². The SMILES string of the molecule is C.C.CC(C)C1=Nc2cc(C(C)(C)C)ccc2C1.CC(C)C1=Nc2cc(C(C)C)ccc2C1. The largest absolute Gasteiger partial charge is 0.257 e. The molecule has 182 valence electrons. The molecule has 0 saturated carbocycles. The fourth-order valence-corrected chi connectivity index (χ4v) is 3.92. The molecule has 0 unspecified atom stereocenters. The van der Waals surface area contributed by atoms with Crippen LogP contribution in [0.15, 0.2) is 46.4 Å². The van der Waals surface area contributed by atoms with Crippen LogP contribution in [0, 0.1) is 11.8 Å². The fraction of sp³-hybridized carbons (Fsp3) is 0.548. The van der Waals surface area contributed by atoms with Crippen molar-refractivity contribution < 1.29 is 0 Å². The van der Waals surface area contributed by atoms with E-state index in [-0.39, 0.29) is 20.3 Å². The number of hydrogen-bond donors (Lipinski definition) is 0. The molecule has 0 spiro atoms. The summed E-state index contributed by atoms with van der Waals surface area (Å²) >= 11 is 0. The lowest BCUT2D eigenvalue weighted by Crippen LogP contribution is -2.10. The van der Waals surface area contributed by atoms with E-state index in [0.29, 0.717) is 17.8 Å². The zero-order valence-corrected chi connectivity index (χ0v) is 21.0. The minimum atomic E-state index is 0. The zero-order chi connectivity index (χ0) is 22.9. The number of fused-ring (bicyclic) bond motifs is 2. The molecule has 2 aromatic rings. The Morgan fingerprint density at radius 3 is 1.52 bits per heavy atom. The highest BCUT2D eigenvalue weighted by Gasteiger charge is 2.20. The summed E-state index contributed by atoms with van der Waals surface area (Å²) in [5.41, 5.74) is 10.8. The van der Waals surface area contributed by atoms with E-state index in [0.717, 1.165) is 12.8 Å². The van der Waals surface area contributed by atoms with Crippen LogP contribution in [-0.4, -0.2) is 11.4 Å². The van der Waals surface area contributed by atoms with Crippen LogP contribution >= 0.6 is 0 Å². The fourth-order valence-electron chi connectivity index (χ4n) is 3.92. The Morgan fingerprint density at radius 1 is 0.636 bits per heavy atom. The van der Waals surface area contributed by atoms with E-state index in [1.165, 1.54) is 45.1 Å². The van der Waals surface area contributed by atoms with E-state index in [9.17, 15) is 0 Å². The minimum Gasteiger partial charge on any atom is -0.257 e. The average Bonchev–Trinajstić information content (AvgIpc) is 3.30. The van der Waals surface area contributed by atoms with E-state index in [2.05, 4.69) is 98.7 Å². The van der Waals surface area contributed by atoms with E-state index in [1.54, 1.807) is 0 Å². The van der Waals surface area contributed by atoms with Crippen LogP contribution in [0.5, 0.6) is 0 Å². The number of hydrogen-bond acceptors (Lipinski definition) is 2. The van der Waals surface area contributed by atoms with E-state index in [4.69, 9.17) is 9.98 Å². The molecular formula is C31H48N2. The van der Waals surface area contributed by atoms with Gasteiger partial charge in [-0.05, 0) is 57.6 Å². The lowest BCUT2D eigenvalue weighted by Gasteiger charge is -2.19. The highest BCUT2D eigenvalue weighted by atomic mass is 14.8. The summed E-state index contributed by atoms with van der Waals surface area (Å²) in [5, 5.41) is 0. The zero-order valence-electron chi connectivity index (χ0n) is 21.0. The van der Waals surface area contributed by atoms with E-state index >= 15 is 0 Å². The normalized spacial score (nSPS) is 14.1. The van der Waals surface area contributed by atoms with Crippen LogP contribution in [0.4, 0.5) is 11.4 Å². The van der Waals surface area contributed by atoms with Crippen molar-refractivity contribution in [3.63, 3.8) is 0 Å². The first-order valence-electron chi connectivity index (χ1n) is 11.9. The Kier molecular flexibility index (Phi) is 9.84. The monoisotopic (exact) mass is 448 g/mol. The van der Waals surface area contributed by atoms with Gasteiger partial charge in [0, 0.05) is 24.3 Å². The lowest BCUT2D eigenvalue weighted by molar-refractivity contribution is 0.590. The molecule has 2 aliphatic rings. The Bertz CT molecular complexity index is 998. The molecule has 0 atom stereocenters. The summed E-state index contributed by atoms with van der Waals surface area (Å²) < 4.78 is 0. The maximum absolute atomic E-state index is 4.74. The summed E-state index contributed by atoms with van der Waals surface area (Å²) in [4.78, 5) is 9.45. The topological polar surface area (TPSA) is 24.7 Å². The molecular weight excluding hydrogens is 400 g/mol. The molecule has 0 aliphatic carbocycles. The van der Waals surface area contributed by atoms with Crippen LogP contribution in [0.1, 0.15) is 105 Å². The van der Waals surface area contributed by atoms with Gasteiger partial charge in [0.25, 0.3) is 0 Å². The predicted molar refractivity (Wildman–Crippen MR) is 150 cm³/mol. The number of aliphatic imine (C=N–C) groups is 2. The molecule has 2 heterocycles. The van der Waals surface area contributed by atoms with E-state index in [1.807, 2.05) is 0 Å². The highest BCUT2D eigenvalue weighted by Crippen LogP contribution is 2.34. The summed E-state index contributed by atoms with van der Waals surface area (Å²) in [5.74, 6) is 1.72. The van der Waals surface area contributed by atoms with Crippen molar-refractivity contribution in [2.75, 3.05) is 0 Å². The Hall–Kier alpha value is -2.22. The Balaban J connectivity index is 0.000000312. The average molecular weight is 449 g/mol. The molecule has 0 bridgehead atoms. The van der Waals surface area contributed by atoms with Gasteiger partial charge >= 0.3 is 0 Å². The van der Waals surface area contributed by atoms with Gasteiger partial charge in [-0.15, -0.1) is 0 Å². The minimum absolute atomic E-state index is 0. The molecule has 4 rings (SSSR count). The second kappa shape index (κ2) is 11.3. The molecule has 0 amide bonds. The third-order valence-electron chi connectivity index (χ3n) is 6.33. The summed E-state index contributed by atoms with van der Waals surface area (Å²) in [6.45, 7) is 20.1. The second-order valence-corrected chi connectivity index (χ2v) is 11.0. The first kappa shape index (κ1) is 28.8. The number of benzene rings is 2. The van der Waals surface area contributed by atoms with Crippen molar-refractivity contribution >= 4 is 22.8 Å². The Morgan fingerprint density at radius 2 is 1.09 bits per heavy atom. The third kappa shape index (κ3) is 6.88. The van der Waals surface area contributed by atoms with Crippen LogP contribution < -0.4 is 0 Å². The van der Waals surface area contributed by atoms with Crippen LogP contribution in [0.3, 0.4) is 0 Å². The summed E-state index contributed by atoms with van der Waals surface area (Å²) in [6, 6.07) is 13.5. The van der Waals surface area contributed by atoms with Gasteiger partial charge in [0.1, 0.15) is 0 Å². The molecule has 0 saturated heterocycles. The Labute approximate surface area is 204 Å². The van der Waals surface area contributed by atoms with Crippen LogP contribution in [-0.2, 0) is 18.3 Å². The van der Waals surface area contributed by atoms with Crippen LogP contribution in [0.25, 0.3) is 0 Å². The van der Waals surface area contributed by atoms with Gasteiger partial charge in [0.05, 0.1) is 11.4 Å². The molecule has 0 fully saturated rings. The molecule has 2 heteroatoms. The standard InChI is InChI=1S/C15H21N.C14H19N.2CH4/c1-10(2)13-8-11-6-7-12(15(3,4)5)9-14(11)16-13;1-9(2)11-5-6-12-8-13(10(3)4)15-14(12)7-11;;/h6-7,9-10H,8H2,1-5H3;5-7,9-10H,8H2,1-4H3;2*1H4. The highest BCUT2D eigenvalue weighted by molar-refractivity contribution is 5.96. The van der Waals surface area contributed by atoms with Crippen molar-refractivity contribution in [2.45, 2.75) is 101 Å². The quantitative estimate of drug-likeness (QED) is 0.446. The second-order valence-electron chi connectivity index (χ2n) is 11.0. The molecule has 0 aromatic heterocycles.